The van der Waals surface area contributed by atoms with Crippen LogP contribution in [0.4, 0.5) is 0 Å². The molecular formula is C17H30N2O. The van der Waals surface area contributed by atoms with Crippen LogP contribution >= 0.6 is 0 Å². The molecule has 1 saturated heterocycles. The van der Waals surface area contributed by atoms with Gasteiger partial charge in [-0.05, 0) is 62.8 Å². The molecule has 0 radical (unpaired) electrons. The number of nitrogens with zero attached hydrogens (tertiary/aromatic N) is 1. The van der Waals surface area contributed by atoms with Crippen LogP contribution in [-0.2, 0) is 4.79 Å². The Bertz CT molecular complexity index is 339. The summed E-state index contributed by atoms with van der Waals surface area (Å²) in [5, 5.41) is 0. The van der Waals surface area contributed by atoms with Gasteiger partial charge in [0.1, 0.15) is 0 Å². The number of carbonyl (C=O) groups is 1. The summed E-state index contributed by atoms with van der Waals surface area (Å²) in [4.78, 5) is 14.9. The van der Waals surface area contributed by atoms with Crippen LogP contribution in [0.5, 0.6) is 0 Å². The van der Waals surface area contributed by atoms with Gasteiger partial charge in [0, 0.05) is 19.0 Å². The fraction of sp³-hybridized carbons (Fsp3) is 0.941. The molecule has 114 valence electrons. The van der Waals surface area contributed by atoms with Gasteiger partial charge in [-0.1, -0.05) is 19.3 Å². The molecule has 20 heavy (non-hydrogen) atoms. The Morgan fingerprint density at radius 1 is 1.05 bits per heavy atom. The Morgan fingerprint density at radius 2 is 1.75 bits per heavy atom. The molecule has 3 aliphatic rings. The maximum absolute atomic E-state index is 12.7. The highest BCUT2D eigenvalue weighted by Gasteiger charge is 2.39. The van der Waals surface area contributed by atoms with Crippen LogP contribution in [0, 0.1) is 17.3 Å². The van der Waals surface area contributed by atoms with Crippen molar-refractivity contribution < 1.29 is 4.79 Å². The van der Waals surface area contributed by atoms with Crippen molar-refractivity contribution in [3.8, 4) is 0 Å². The lowest BCUT2D eigenvalue weighted by molar-refractivity contribution is -0.139. The first-order valence-electron chi connectivity index (χ1n) is 8.71. The Balaban J connectivity index is 1.53. The minimum atomic E-state index is 0.273. The molecule has 0 aromatic rings. The van der Waals surface area contributed by atoms with Gasteiger partial charge in [0.15, 0.2) is 0 Å². The molecule has 2 N–H and O–H groups in total. The van der Waals surface area contributed by atoms with E-state index in [9.17, 15) is 4.79 Å². The summed E-state index contributed by atoms with van der Waals surface area (Å²) in [5.41, 5.74) is 6.41. The normalized spacial score (nSPS) is 33.5. The van der Waals surface area contributed by atoms with Gasteiger partial charge in [-0.15, -0.1) is 0 Å². The Hall–Kier alpha value is -0.570. The molecule has 0 aromatic carbocycles. The molecular weight excluding hydrogens is 248 g/mol. The number of piperidine rings is 1. The van der Waals surface area contributed by atoms with E-state index in [1.807, 2.05) is 0 Å². The minimum absolute atomic E-state index is 0.273. The highest BCUT2D eigenvalue weighted by atomic mass is 16.2. The quantitative estimate of drug-likeness (QED) is 0.844. The number of amides is 1. The second-order valence-corrected chi connectivity index (χ2v) is 7.50. The predicted octanol–water partition coefficient (Wildman–Crippen LogP) is 2.93. The second kappa shape index (κ2) is 6.05. The average Bonchev–Trinajstić information content (AvgIpc) is 2.96. The smallest absolute Gasteiger partial charge is 0.225 e. The minimum Gasteiger partial charge on any atom is -0.342 e. The Labute approximate surface area is 123 Å². The van der Waals surface area contributed by atoms with Gasteiger partial charge < -0.3 is 10.6 Å². The fourth-order valence-electron chi connectivity index (χ4n) is 4.81. The molecule has 3 heteroatoms. The number of rotatable bonds is 2. The van der Waals surface area contributed by atoms with Crippen molar-refractivity contribution in [2.24, 2.45) is 23.0 Å². The van der Waals surface area contributed by atoms with Crippen LogP contribution in [0.15, 0.2) is 0 Å². The van der Waals surface area contributed by atoms with Crippen molar-refractivity contribution in [2.75, 3.05) is 19.6 Å². The summed E-state index contributed by atoms with van der Waals surface area (Å²) >= 11 is 0. The SMILES string of the molecule is NCC1CCCC(C(=O)N2CCC3(CCCC3)CC2)C1. The summed E-state index contributed by atoms with van der Waals surface area (Å²) in [6, 6.07) is 0. The highest BCUT2D eigenvalue weighted by molar-refractivity contribution is 5.79. The summed E-state index contributed by atoms with van der Waals surface area (Å²) in [7, 11) is 0. The lowest BCUT2D eigenvalue weighted by Gasteiger charge is -2.41. The average molecular weight is 278 g/mol. The van der Waals surface area contributed by atoms with Gasteiger partial charge in [0.25, 0.3) is 0 Å². The number of likely N-dealkylation sites (tertiary alicyclic amines) is 1. The van der Waals surface area contributed by atoms with E-state index in [-0.39, 0.29) is 5.92 Å². The monoisotopic (exact) mass is 278 g/mol. The fourth-order valence-corrected chi connectivity index (χ4v) is 4.81. The Morgan fingerprint density at radius 3 is 2.40 bits per heavy atom. The zero-order valence-electron chi connectivity index (χ0n) is 12.8. The van der Waals surface area contributed by atoms with E-state index in [0.29, 0.717) is 17.2 Å². The van der Waals surface area contributed by atoms with Crippen molar-refractivity contribution in [3.63, 3.8) is 0 Å². The topological polar surface area (TPSA) is 46.3 Å². The first kappa shape index (κ1) is 14.4. The third kappa shape index (κ3) is 2.88. The Kier molecular flexibility index (Phi) is 4.34. The maximum Gasteiger partial charge on any atom is 0.225 e. The molecule has 2 saturated carbocycles. The van der Waals surface area contributed by atoms with Crippen LogP contribution < -0.4 is 5.73 Å². The van der Waals surface area contributed by atoms with Gasteiger partial charge >= 0.3 is 0 Å². The predicted molar refractivity (Wildman–Crippen MR) is 81.2 cm³/mol. The van der Waals surface area contributed by atoms with Gasteiger partial charge in [0.2, 0.25) is 5.91 Å². The summed E-state index contributed by atoms with van der Waals surface area (Å²) in [6.45, 7) is 2.79. The molecule has 0 aromatic heterocycles. The lowest BCUT2D eigenvalue weighted by atomic mass is 9.76. The standard InChI is InChI=1S/C17H30N2O/c18-13-14-4-3-5-15(12-14)16(20)19-10-8-17(9-11-19)6-1-2-7-17/h14-15H,1-13,18H2. The molecule has 0 bridgehead atoms. The largest absolute Gasteiger partial charge is 0.342 e. The van der Waals surface area contributed by atoms with Gasteiger partial charge in [-0.3, -0.25) is 4.79 Å². The van der Waals surface area contributed by atoms with Crippen molar-refractivity contribution in [1.82, 2.24) is 4.90 Å². The molecule has 2 unspecified atom stereocenters. The number of hydrogen-bond acceptors (Lipinski definition) is 2. The number of hydrogen-bond donors (Lipinski definition) is 1. The summed E-state index contributed by atoms with van der Waals surface area (Å²) < 4.78 is 0. The van der Waals surface area contributed by atoms with E-state index in [1.165, 1.54) is 51.4 Å². The number of carbonyl (C=O) groups excluding carboxylic acids is 1. The van der Waals surface area contributed by atoms with E-state index in [1.54, 1.807) is 0 Å². The molecule has 1 amide bonds. The molecule has 3 fully saturated rings. The van der Waals surface area contributed by atoms with Gasteiger partial charge in [0.05, 0.1) is 0 Å². The van der Waals surface area contributed by atoms with Crippen molar-refractivity contribution in [3.05, 3.63) is 0 Å². The van der Waals surface area contributed by atoms with Crippen molar-refractivity contribution in [2.45, 2.75) is 64.2 Å². The molecule has 2 atom stereocenters. The highest BCUT2D eigenvalue weighted by Crippen LogP contribution is 2.46. The molecule has 3 rings (SSSR count). The van der Waals surface area contributed by atoms with Crippen LogP contribution in [0.1, 0.15) is 64.2 Å². The second-order valence-electron chi connectivity index (χ2n) is 7.50. The van der Waals surface area contributed by atoms with E-state index in [0.717, 1.165) is 32.5 Å². The van der Waals surface area contributed by atoms with E-state index < -0.39 is 0 Å². The molecule has 2 aliphatic carbocycles. The van der Waals surface area contributed by atoms with Crippen LogP contribution in [0.25, 0.3) is 0 Å². The molecule has 1 heterocycles. The first-order valence-corrected chi connectivity index (χ1v) is 8.71. The first-order chi connectivity index (χ1) is 9.72. The molecule has 3 nitrogen and oxygen atoms in total. The van der Waals surface area contributed by atoms with E-state index in [2.05, 4.69) is 4.90 Å². The summed E-state index contributed by atoms with van der Waals surface area (Å²) in [5.74, 6) is 1.30. The third-order valence-corrected chi connectivity index (χ3v) is 6.27. The summed E-state index contributed by atoms with van der Waals surface area (Å²) in [6.07, 6.45) is 12.7. The van der Waals surface area contributed by atoms with Crippen molar-refractivity contribution >= 4 is 5.91 Å². The van der Waals surface area contributed by atoms with Crippen LogP contribution in [0.3, 0.4) is 0 Å². The van der Waals surface area contributed by atoms with Crippen molar-refractivity contribution in [1.29, 1.82) is 0 Å². The molecule has 1 aliphatic heterocycles. The lowest BCUT2D eigenvalue weighted by Crippen LogP contribution is -2.45. The zero-order valence-corrected chi connectivity index (χ0v) is 12.8. The molecule has 1 spiro atoms. The third-order valence-electron chi connectivity index (χ3n) is 6.27. The number of nitrogens with two attached hydrogens (primary N) is 1. The zero-order chi connectivity index (χ0) is 14.0. The van der Waals surface area contributed by atoms with Crippen LogP contribution in [-0.4, -0.2) is 30.4 Å². The van der Waals surface area contributed by atoms with E-state index >= 15 is 0 Å². The van der Waals surface area contributed by atoms with Crippen LogP contribution in [0.2, 0.25) is 0 Å². The van der Waals surface area contributed by atoms with Gasteiger partial charge in [-0.2, -0.15) is 0 Å². The maximum atomic E-state index is 12.7. The van der Waals surface area contributed by atoms with E-state index in [4.69, 9.17) is 5.73 Å². The van der Waals surface area contributed by atoms with Gasteiger partial charge in [-0.25, -0.2) is 0 Å².